The van der Waals surface area contributed by atoms with Crippen LogP contribution in [-0.2, 0) is 25.4 Å². The Kier molecular flexibility index (Phi) is 6.13. The normalized spacial score (nSPS) is 19.1. The average molecular weight is 460 g/mol. The van der Waals surface area contributed by atoms with Crippen LogP contribution in [0.3, 0.4) is 0 Å². The van der Waals surface area contributed by atoms with Gasteiger partial charge in [-0.05, 0) is 33.8 Å². The fraction of sp³-hybridized carbons (Fsp3) is 0.571. The molecule has 1 saturated heterocycles. The molecule has 0 aliphatic carbocycles. The molecule has 3 aromatic rings. The Labute approximate surface area is 190 Å². The minimum atomic E-state index is -0.388. The number of thioether (sulfide) groups is 1. The summed E-state index contributed by atoms with van der Waals surface area (Å²) in [5, 5.41) is 0.711. The van der Waals surface area contributed by atoms with Gasteiger partial charge >= 0.3 is 5.69 Å². The molecule has 0 N–H and O–H groups in total. The molecule has 0 spiro atoms. The van der Waals surface area contributed by atoms with Crippen molar-refractivity contribution in [3.05, 3.63) is 38.3 Å². The van der Waals surface area contributed by atoms with E-state index in [4.69, 9.17) is 9.72 Å². The summed E-state index contributed by atoms with van der Waals surface area (Å²) in [6, 6.07) is 1.94. The van der Waals surface area contributed by atoms with Crippen LogP contribution in [0.25, 0.3) is 11.2 Å². The zero-order valence-corrected chi connectivity index (χ0v) is 20.1. The summed E-state index contributed by atoms with van der Waals surface area (Å²) in [6.07, 6.45) is 0.0772. The van der Waals surface area contributed by atoms with Gasteiger partial charge in [0.05, 0.1) is 12.2 Å². The largest absolute Gasteiger partial charge is 0.372 e. The molecule has 4 heterocycles. The third kappa shape index (κ3) is 4.18. The van der Waals surface area contributed by atoms with Gasteiger partial charge in [0.15, 0.2) is 16.3 Å². The van der Waals surface area contributed by atoms with E-state index in [9.17, 15) is 9.59 Å². The molecule has 1 aliphatic heterocycles. The van der Waals surface area contributed by atoms with E-state index in [1.54, 1.807) is 7.05 Å². The number of imidazole rings is 1. The Morgan fingerprint density at radius 3 is 2.28 bits per heavy atom. The zero-order chi connectivity index (χ0) is 23.2. The fourth-order valence-electron chi connectivity index (χ4n) is 4.22. The Morgan fingerprint density at radius 2 is 1.66 bits per heavy atom. The van der Waals surface area contributed by atoms with Crippen LogP contribution in [-0.4, -0.2) is 59.7 Å². The molecule has 0 unspecified atom stereocenters. The molecule has 0 saturated carbocycles. The summed E-state index contributed by atoms with van der Waals surface area (Å²) in [7, 11) is 3.14. The SMILES string of the molecule is Cc1cc(C)nc(SCCn2c(N3C[C@@H](C)O[C@@H](C)C3)nc3c2c(=O)n(C)c(=O)n3C)n1. The van der Waals surface area contributed by atoms with Crippen LogP contribution in [0.15, 0.2) is 20.8 Å². The van der Waals surface area contributed by atoms with Crippen molar-refractivity contribution in [3.8, 4) is 0 Å². The zero-order valence-electron chi connectivity index (χ0n) is 19.3. The van der Waals surface area contributed by atoms with E-state index in [0.717, 1.165) is 16.0 Å². The molecule has 2 atom stereocenters. The number of aryl methyl sites for hydroxylation is 4. The van der Waals surface area contributed by atoms with Crippen molar-refractivity contribution in [2.75, 3.05) is 23.7 Å². The van der Waals surface area contributed by atoms with Gasteiger partial charge in [-0.25, -0.2) is 14.8 Å². The van der Waals surface area contributed by atoms with Crippen molar-refractivity contribution >= 4 is 28.9 Å². The molecule has 0 aromatic carbocycles. The smallest absolute Gasteiger partial charge is 0.332 e. The lowest BCUT2D eigenvalue weighted by atomic mass is 10.2. The molecular weight excluding hydrogens is 430 g/mol. The summed E-state index contributed by atoms with van der Waals surface area (Å²) in [4.78, 5) is 41.5. The van der Waals surface area contributed by atoms with Crippen molar-refractivity contribution in [1.82, 2.24) is 28.7 Å². The number of hydrogen-bond donors (Lipinski definition) is 0. The third-order valence-corrected chi connectivity index (χ3v) is 6.37. The van der Waals surface area contributed by atoms with Gasteiger partial charge in [0.1, 0.15) is 0 Å². The third-order valence-electron chi connectivity index (χ3n) is 5.54. The van der Waals surface area contributed by atoms with E-state index in [1.807, 2.05) is 38.3 Å². The highest BCUT2D eigenvalue weighted by atomic mass is 32.2. The number of aromatic nitrogens is 6. The number of nitrogens with zero attached hydrogens (tertiary/aromatic N) is 7. The minimum absolute atomic E-state index is 0.0386. The summed E-state index contributed by atoms with van der Waals surface area (Å²) in [5.74, 6) is 1.34. The maximum absolute atomic E-state index is 13.1. The lowest BCUT2D eigenvalue weighted by molar-refractivity contribution is -0.00586. The van der Waals surface area contributed by atoms with Crippen molar-refractivity contribution in [2.24, 2.45) is 14.1 Å². The number of fused-ring (bicyclic) bond motifs is 1. The van der Waals surface area contributed by atoms with Crippen molar-refractivity contribution < 1.29 is 4.74 Å². The Bertz CT molecular complexity index is 1250. The van der Waals surface area contributed by atoms with Gasteiger partial charge in [0.25, 0.3) is 5.56 Å². The van der Waals surface area contributed by atoms with Gasteiger partial charge in [0.2, 0.25) is 5.95 Å². The molecule has 0 radical (unpaired) electrons. The molecule has 1 fully saturated rings. The molecule has 32 heavy (non-hydrogen) atoms. The van der Waals surface area contributed by atoms with Crippen molar-refractivity contribution in [3.63, 3.8) is 0 Å². The van der Waals surface area contributed by atoms with Crippen LogP contribution >= 0.6 is 11.8 Å². The van der Waals surface area contributed by atoms with Crippen molar-refractivity contribution in [1.29, 1.82) is 0 Å². The lowest BCUT2D eigenvalue weighted by Crippen LogP contribution is -2.46. The van der Waals surface area contributed by atoms with Crippen LogP contribution in [0, 0.1) is 13.8 Å². The monoisotopic (exact) mass is 459 g/mol. The molecule has 3 aromatic heterocycles. The van der Waals surface area contributed by atoms with Gasteiger partial charge in [-0.1, -0.05) is 11.8 Å². The molecule has 0 bridgehead atoms. The highest BCUT2D eigenvalue weighted by Crippen LogP contribution is 2.25. The van der Waals surface area contributed by atoms with Gasteiger partial charge < -0.3 is 14.2 Å². The van der Waals surface area contributed by atoms with Crippen LogP contribution in [0.2, 0.25) is 0 Å². The van der Waals surface area contributed by atoms with Crippen LogP contribution in [0.5, 0.6) is 0 Å². The summed E-state index contributed by atoms with van der Waals surface area (Å²) >= 11 is 1.54. The summed E-state index contributed by atoms with van der Waals surface area (Å²) in [6.45, 7) is 9.80. The van der Waals surface area contributed by atoms with Crippen LogP contribution in [0.1, 0.15) is 25.2 Å². The first-order valence-electron chi connectivity index (χ1n) is 10.7. The average Bonchev–Trinajstić information content (AvgIpc) is 3.09. The van der Waals surface area contributed by atoms with Gasteiger partial charge in [-0.2, -0.15) is 4.98 Å². The number of ether oxygens (including phenoxy) is 1. The molecule has 10 nitrogen and oxygen atoms in total. The Morgan fingerprint density at radius 1 is 1.03 bits per heavy atom. The number of anilines is 1. The topological polar surface area (TPSA) is 100 Å². The van der Waals surface area contributed by atoms with E-state index in [0.29, 0.717) is 47.7 Å². The van der Waals surface area contributed by atoms with E-state index in [1.165, 1.54) is 23.4 Å². The van der Waals surface area contributed by atoms with Crippen molar-refractivity contribution in [2.45, 2.75) is 51.6 Å². The van der Waals surface area contributed by atoms with E-state index >= 15 is 0 Å². The van der Waals surface area contributed by atoms with Crippen LogP contribution in [0.4, 0.5) is 5.95 Å². The van der Waals surface area contributed by atoms with Gasteiger partial charge in [0, 0.05) is 50.9 Å². The first kappa shape index (κ1) is 22.5. The maximum Gasteiger partial charge on any atom is 0.332 e. The summed E-state index contributed by atoms with van der Waals surface area (Å²) in [5.41, 5.74) is 1.94. The predicted octanol–water partition coefficient (Wildman–Crippen LogP) is 1.25. The molecule has 11 heteroatoms. The minimum Gasteiger partial charge on any atom is -0.372 e. The first-order chi connectivity index (χ1) is 15.2. The second kappa shape index (κ2) is 8.70. The van der Waals surface area contributed by atoms with Gasteiger partial charge in [-0.15, -0.1) is 0 Å². The maximum atomic E-state index is 13.1. The fourth-order valence-corrected chi connectivity index (χ4v) is 5.09. The molecule has 4 rings (SSSR count). The molecule has 0 amide bonds. The van der Waals surface area contributed by atoms with E-state index < -0.39 is 0 Å². The van der Waals surface area contributed by atoms with E-state index in [2.05, 4.69) is 14.9 Å². The Balaban J connectivity index is 1.76. The lowest BCUT2D eigenvalue weighted by Gasteiger charge is -2.36. The number of hydrogen-bond acceptors (Lipinski definition) is 8. The van der Waals surface area contributed by atoms with Gasteiger partial charge in [-0.3, -0.25) is 13.9 Å². The highest BCUT2D eigenvalue weighted by Gasteiger charge is 2.28. The Hall–Kier alpha value is -2.66. The highest BCUT2D eigenvalue weighted by molar-refractivity contribution is 7.99. The second-order valence-electron chi connectivity index (χ2n) is 8.39. The predicted molar refractivity (Wildman–Crippen MR) is 125 cm³/mol. The second-order valence-corrected chi connectivity index (χ2v) is 9.45. The molecule has 1 aliphatic rings. The first-order valence-corrected chi connectivity index (χ1v) is 11.7. The standard InChI is InChI=1S/C21H29N7O3S/c1-12-9-13(2)23-19(22-12)32-8-7-28-16-17(25(5)21(30)26(6)18(16)29)24-20(28)27-10-14(3)31-15(4)11-27/h9,14-15H,7-8,10-11H2,1-6H3/t14-,15+. The molecule has 172 valence electrons. The number of morpholine rings is 1. The summed E-state index contributed by atoms with van der Waals surface area (Å²) < 4.78 is 10.4. The van der Waals surface area contributed by atoms with E-state index in [-0.39, 0.29) is 23.5 Å². The molecular formula is C21H29N7O3S. The van der Waals surface area contributed by atoms with Crippen LogP contribution < -0.4 is 16.1 Å². The quantitative estimate of drug-likeness (QED) is 0.415. The number of rotatable bonds is 5.